The lowest BCUT2D eigenvalue weighted by molar-refractivity contribution is -0.237. The normalized spacial score (nSPS) is 27.1. The van der Waals surface area contributed by atoms with Gasteiger partial charge in [-0.05, 0) is 31.4 Å². The van der Waals surface area contributed by atoms with E-state index in [0.717, 1.165) is 23.6 Å². The highest BCUT2D eigenvalue weighted by Crippen LogP contribution is 2.32. The molecule has 1 fully saturated rings. The molecule has 4 nitrogen and oxygen atoms in total. The fourth-order valence-corrected chi connectivity index (χ4v) is 4.04. The van der Waals surface area contributed by atoms with E-state index in [-0.39, 0.29) is 18.4 Å². The third-order valence-electron chi connectivity index (χ3n) is 6.27. The average Bonchev–Trinajstić information content (AvgIpc) is 3.22. The summed E-state index contributed by atoms with van der Waals surface area (Å²) in [4.78, 5) is 4.71. The predicted molar refractivity (Wildman–Crippen MR) is 118 cm³/mol. The molecular formula is C25H39NO3. The van der Waals surface area contributed by atoms with Crippen LogP contribution in [0.15, 0.2) is 29.3 Å². The van der Waals surface area contributed by atoms with E-state index < -0.39 is 0 Å². The Balaban J connectivity index is 1.46. The predicted octanol–water partition coefficient (Wildman–Crippen LogP) is 6.29. The molecule has 0 spiro atoms. The van der Waals surface area contributed by atoms with E-state index in [1.54, 1.807) is 0 Å². The first kappa shape index (κ1) is 22.3. The largest absolute Gasteiger partial charge is 0.475 e. The van der Waals surface area contributed by atoms with E-state index in [0.29, 0.717) is 18.4 Å². The van der Waals surface area contributed by atoms with E-state index in [4.69, 9.17) is 19.2 Å². The third kappa shape index (κ3) is 6.29. The number of hydrogen-bond acceptors (Lipinski definition) is 4. The van der Waals surface area contributed by atoms with Crippen molar-refractivity contribution in [2.24, 2.45) is 16.8 Å². The maximum Gasteiger partial charge on any atom is 0.216 e. The number of aliphatic imine (C=N–C) groups is 1. The van der Waals surface area contributed by atoms with Crippen LogP contribution < -0.4 is 0 Å². The maximum absolute atomic E-state index is 6.21. The quantitative estimate of drug-likeness (QED) is 0.433. The van der Waals surface area contributed by atoms with Crippen LogP contribution in [0.5, 0.6) is 0 Å². The van der Waals surface area contributed by atoms with Gasteiger partial charge in [0, 0.05) is 17.0 Å². The number of nitrogens with zero attached hydrogens (tertiary/aromatic N) is 1. The fraction of sp³-hybridized carbons (Fsp3) is 0.720. The molecule has 0 N–H and O–H groups in total. The lowest BCUT2D eigenvalue weighted by atomic mass is 9.95. The van der Waals surface area contributed by atoms with E-state index in [9.17, 15) is 0 Å². The molecule has 29 heavy (non-hydrogen) atoms. The van der Waals surface area contributed by atoms with Gasteiger partial charge in [0.2, 0.25) is 5.90 Å². The molecule has 0 aromatic heterocycles. The summed E-state index contributed by atoms with van der Waals surface area (Å²) in [5.41, 5.74) is 2.10. The lowest BCUT2D eigenvalue weighted by Crippen LogP contribution is -2.34. The molecule has 1 aromatic rings. The summed E-state index contributed by atoms with van der Waals surface area (Å²) in [6.07, 6.45) is 9.19. The maximum atomic E-state index is 6.21. The summed E-state index contributed by atoms with van der Waals surface area (Å²) in [6.45, 7) is 10.3. The highest BCUT2D eigenvalue weighted by molar-refractivity contribution is 5.95. The Hall–Kier alpha value is -1.39. The first-order chi connectivity index (χ1) is 14.1. The first-order valence-electron chi connectivity index (χ1n) is 11.7. The zero-order valence-electron chi connectivity index (χ0n) is 18.7. The van der Waals surface area contributed by atoms with Gasteiger partial charge in [0.25, 0.3) is 0 Å². The zero-order valence-corrected chi connectivity index (χ0v) is 18.7. The van der Waals surface area contributed by atoms with Gasteiger partial charge in [-0.25, -0.2) is 4.99 Å². The monoisotopic (exact) mass is 401 g/mol. The van der Waals surface area contributed by atoms with Crippen LogP contribution in [0.1, 0.15) is 90.1 Å². The summed E-state index contributed by atoms with van der Waals surface area (Å²) in [6, 6.07) is 8.55. The van der Waals surface area contributed by atoms with E-state index in [1.807, 2.05) is 0 Å². The van der Waals surface area contributed by atoms with E-state index in [2.05, 4.69) is 52.0 Å². The molecule has 162 valence electrons. The van der Waals surface area contributed by atoms with Crippen molar-refractivity contribution >= 4 is 5.90 Å². The molecule has 1 saturated heterocycles. The molecule has 0 bridgehead atoms. The van der Waals surface area contributed by atoms with Gasteiger partial charge in [0.1, 0.15) is 6.61 Å². The number of ether oxygens (including phenoxy) is 3. The number of benzene rings is 1. The van der Waals surface area contributed by atoms with Gasteiger partial charge in [0.15, 0.2) is 6.29 Å². The molecule has 3 rings (SSSR count). The Morgan fingerprint density at radius 1 is 1.00 bits per heavy atom. The summed E-state index contributed by atoms with van der Waals surface area (Å²) < 4.78 is 18.1. The topological polar surface area (TPSA) is 40.0 Å². The Morgan fingerprint density at radius 3 is 2.38 bits per heavy atom. The lowest BCUT2D eigenvalue weighted by Gasteiger charge is -2.35. The van der Waals surface area contributed by atoms with Gasteiger partial charge in [-0.3, -0.25) is 0 Å². The Labute approximate surface area is 177 Å². The molecule has 0 aliphatic carbocycles. The Morgan fingerprint density at radius 2 is 1.72 bits per heavy atom. The molecule has 2 aliphatic heterocycles. The molecule has 0 saturated carbocycles. The van der Waals surface area contributed by atoms with Crippen LogP contribution in [0.4, 0.5) is 0 Å². The van der Waals surface area contributed by atoms with Crippen molar-refractivity contribution in [2.45, 2.75) is 91.1 Å². The van der Waals surface area contributed by atoms with Crippen molar-refractivity contribution in [1.82, 2.24) is 0 Å². The molecule has 4 heteroatoms. The second kappa shape index (κ2) is 11.1. The van der Waals surface area contributed by atoms with Crippen molar-refractivity contribution < 1.29 is 14.2 Å². The van der Waals surface area contributed by atoms with Crippen LogP contribution in [0.2, 0.25) is 0 Å². The summed E-state index contributed by atoms with van der Waals surface area (Å²) in [5, 5.41) is 0. The molecule has 0 amide bonds. The molecular weight excluding hydrogens is 362 g/mol. The van der Waals surface area contributed by atoms with Crippen LogP contribution in [0.25, 0.3) is 0 Å². The number of hydrogen-bond donors (Lipinski definition) is 0. The fourth-order valence-electron chi connectivity index (χ4n) is 4.04. The number of unbranched alkanes of at least 4 members (excludes halogenated alkanes) is 5. The Kier molecular flexibility index (Phi) is 8.55. The molecule has 2 aliphatic rings. The Bertz CT molecular complexity index is 640. The van der Waals surface area contributed by atoms with Gasteiger partial charge >= 0.3 is 0 Å². The first-order valence-corrected chi connectivity index (χ1v) is 11.7. The van der Waals surface area contributed by atoms with Gasteiger partial charge in [-0.15, -0.1) is 0 Å². The van der Waals surface area contributed by atoms with Crippen molar-refractivity contribution in [3.63, 3.8) is 0 Å². The smallest absolute Gasteiger partial charge is 0.216 e. The van der Waals surface area contributed by atoms with E-state index in [1.165, 1.54) is 44.9 Å². The molecule has 1 aromatic carbocycles. The van der Waals surface area contributed by atoms with Gasteiger partial charge in [-0.1, -0.05) is 71.4 Å². The zero-order chi connectivity index (χ0) is 20.6. The molecule has 0 unspecified atom stereocenters. The SMILES string of the molecule is CCCCCCCC[C@H]1CO[C@H](c2ccc(C3=N[C@H](C(C)C)CO3)cc2)O[C@@H]1C. The molecule has 2 heterocycles. The minimum Gasteiger partial charge on any atom is -0.475 e. The summed E-state index contributed by atoms with van der Waals surface area (Å²) >= 11 is 0. The highest BCUT2D eigenvalue weighted by atomic mass is 16.7. The summed E-state index contributed by atoms with van der Waals surface area (Å²) in [5.74, 6) is 1.76. The van der Waals surface area contributed by atoms with E-state index >= 15 is 0 Å². The standard InChI is InChI=1S/C25H39NO3/c1-5-6-7-8-9-10-11-22-16-28-25(29-19(22)4)21-14-12-20(13-15-21)24-26-23(17-27-24)18(2)3/h12-15,18-19,22-23,25H,5-11,16-17H2,1-4H3/t19-,22+,23+,25+/m1/s1. The molecule has 4 atom stereocenters. The van der Waals surface area contributed by atoms with Crippen molar-refractivity contribution in [1.29, 1.82) is 0 Å². The van der Waals surface area contributed by atoms with Gasteiger partial charge in [0.05, 0.1) is 18.8 Å². The van der Waals surface area contributed by atoms with Crippen molar-refractivity contribution in [2.75, 3.05) is 13.2 Å². The minimum atomic E-state index is -0.269. The molecule has 0 radical (unpaired) electrons. The van der Waals surface area contributed by atoms with Gasteiger partial charge < -0.3 is 14.2 Å². The second-order valence-electron chi connectivity index (χ2n) is 9.00. The second-order valence-corrected chi connectivity index (χ2v) is 9.00. The third-order valence-corrected chi connectivity index (χ3v) is 6.27. The van der Waals surface area contributed by atoms with Crippen LogP contribution in [-0.2, 0) is 14.2 Å². The minimum absolute atomic E-state index is 0.235. The summed E-state index contributed by atoms with van der Waals surface area (Å²) in [7, 11) is 0. The van der Waals surface area contributed by atoms with Crippen LogP contribution in [0.3, 0.4) is 0 Å². The van der Waals surface area contributed by atoms with Crippen LogP contribution in [0, 0.1) is 11.8 Å². The average molecular weight is 402 g/mol. The van der Waals surface area contributed by atoms with Crippen molar-refractivity contribution in [3.8, 4) is 0 Å². The van der Waals surface area contributed by atoms with Gasteiger partial charge in [-0.2, -0.15) is 0 Å². The highest BCUT2D eigenvalue weighted by Gasteiger charge is 2.29. The number of rotatable bonds is 10. The van der Waals surface area contributed by atoms with Crippen LogP contribution >= 0.6 is 0 Å². The van der Waals surface area contributed by atoms with Crippen LogP contribution in [-0.4, -0.2) is 31.3 Å². The van der Waals surface area contributed by atoms with Crippen molar-refractivity contribution in [3.05, 3.63) is 35.4 Å².